The first-order valence-electron chi connectivity index (χ1n) is 9.90. The van der Waals surface area contributed by atoms with Crippen LogP contribution in [-0.2, 0) is 6.42 Å². The molecule has 0 aliphatic rings. The van der Waals surface area contributed by atoms with Crippen LogP contribution in [0.2, 0.25) is 5.02 Å². The molecule has 0 atom stereocenters. The molecule has 5 N–H and O–H groups in total. The number of carbonyl (C=O) groups excluding carboxylic acids is 1. The van der Waals surface area contributed by atoms with Gasteiger partial charge in [0.2, 0.25) is 0 Å². The van der Waals surface area contributed by atoms with Crippen molar-refractivity contribution in [2.45, 2.75) is 13.3 Å². The first-order chi connectivity index (χ1) is 15.4. The molecule has 6 nitrogen and oxygen atoms in total. The SMILES string of the molecule is Cc1ccc(-c2c(C#N)c(N)nc3sc(C(=O)NCCc4cccc(Cl)c4)c(N)c23)cc1. The van der Waals surface area contributed by atoms with Crippen LogP contribution >= 0.6 is 22.9 Å². The van der Waals surface area contributed by atoms with Gasteiger partial charge in [0, 0.05) is 22.5 Å². The van der Waals surface area contributed by atoms with E-state index in [4.69, 9.17) is 23.1 Å². The number of nitrogen functional groups attached to an aromatic ring is 2. The van der Waals surface area contributed by atoms with Crippen LogP contribution in [0.3, 0.4) is 0 Å². The van der Waals surface area contributed by atoms with Crippen molar-refractivity contribution in [3.05, 3.63) is 75.1 Å². The van der Waals surface area contributed by atoms with Crippen molar-refractivity contribution >= 4 is 50.6 Å². The highest BCUT2D eigenvalue weighted by molar-refractivity contribution is 7.21. The van der Waals surface area contributed by atoms with Crippen LogP contribution < -0.4 is 16.8 Å². The van der Waals surface area contributed by atoms with Crippen molar-refractivity contribution in [3.63, 3.8) is 0 Å². The van der Waals surface area contributed by atoms with Gasteiger partial charge in [0.05, 0.1) is 5.69 Å². The second kappa shape index (κ2) is 8.87. The standard InChI is InChI=1S/C24H20ClN5OS/c1-13-5-7-15(8-6-13)18-17(12-26)22(28)30-24-19(18)20(27)21(32-24)23(31)29-10-9-14-3-2-4-16(25)11-14/h2-8,11H,9-10,27H2,1H3,(H2,28,30)(H,29,31). The van der Waals surface area contributed by atoms with E-state index in [-0.39, 0.29) is 17.3 Å². The summed E-state index contributed by atoms with van der Waals surface area (Å²) in [5, 5.41) is 13.9. The minimum absolute atomic E-state index is 0.115. The molecule has 2 aromatic carbocycles. The van der Waals surface area contributed by atoms with Crippen LogP contribution in [0.4, 0.5) is 11.5 Å². The maximum absolute atomic E-state index is 12.9. The van der Waals surface area contributed by atoms with E-state index in [0.717, 1.165) is 16.7 Å². The number of thiophene rings is 1. The van der Waals surface area contributed by atoms with Gasteiger partial charge < -0.3 is 16.8 Å². The van der Waals surface area contributed by atoms with Crippen molar-refractivity contribution in [1.82, 2.24) is 10.3 Å². The topological polar surface area (TPSA) is 118 Å². The van der Waals surface area contributed by atoms with Gasteiger partial charge in [-0.05, 0) is 36.6 Å². The minimum atomic E-state index is -0.292. The number of hydrogen-bond acceptors (Lipinski definition) is 6. The second-order valence-electron chi connectivity index (χ2n) is 7.39. The molecule has 4 rings (SSSR count). The van der Waals surface area contributed by atoms with Gasteiger partial charge in [-0.1, -0.05) is 53.6 Å². The van der Waals surface area contributed by atoms with Gasteiger partial charge in [-0.2, -0.15) is 5.26 Å². The van der Waals surface area contributed by atoms with Crippen molar-refractivity contribution < 1.29 is 4.79 Å². The van der Waals surface area contributed by atoms with Gasteiger partial charge in [0.15, 0.2) is 0 Å². The third kappa shape index (κ3) is 4.11. The average molecular weight is 462 g/mol. The molecule has 0 aliphatic heterocycles. The molecule has 8 heteroatoms. The lowest BCUT2D eigenvalue weighted by Crippen LogP contribution is -2.25. The van der Waals surface area contributed by atoms with E-state index in [0.29, 0.717) is 44.3 Å². The molecular weight excluding hydrogens is 442 g/mol. The third-order valence-electron chi connectivity index (χ3n) is 5.15. The molecule has 0 aliphatic carbocycles. The second-order valence-corrected chi connectivity index (χ2v) is 8.82. The Morgan fingerprint density at radius 2 is 1.97 bits per heavy atom. The Bertz CT molecular complexity index is 1370. The summed E-state index contributed by atoms with van der Waals surface area (Å²) in [7, 11) is 0. The molecule has 1 amide bonds. The number of fused-ring (bicyclic) bond motifs is 1. The highest BCUT2D eigenvalue weighted by Gasteiger charge is 2.24. The van der Waals surface area contributed by atoms with Crippen LogP contribution in [0.5, 0.6) is 0 Å². The van der Waals surface area contributed by atoms with E-state index in [2.05, 4.69) is 16.4 Å². The van der Waals surface area contributed by atoms with Gasteiger partial charge >= 0.3 is 0 Å². The van der Waals surface area contributed by atoms with Gasteiger partial charge in [0.1, 0.15) is 27.2 Å². The molecule has 2 heterocycles. The van der Waals surface area contributed by atoms with Gasteiger partial charge in [-0.15, -0.1) is 11.3 Å². The monoisotopic (exact) mass is 461 g/mol. The quantitative estimate of drug-likeness (QED) is 0.389. The largest absolute Gasteiger partial charge is 0.397 e. The van der Waals surface area contributed by atoms with Gasteiger partial charge in [0.25, 0.3) is 5.91 Å². The maximum Gasteiger partial charge on any atom is 0.263 e. The number of anilines is 2. The number of nitrogens with zero attached hydrogens (tertiary/aromatic N) is 2. The number of hydrogen-bond donors (Lipinski definition) is 3. The lowest BCUT2D eigenvalue weighted by molar-refractivity contribution is 0.0959. The Kier molecular flexibility index (Phi) is 5.99. The molecule has 0 radical (unpaired) electrons. The number of benzene rings is 2. The molecule has 0 unspecified atom stereocenters. The molecule has 0 saturated heterocycles. The molecule has 0 fully saturated rings. The molecule has 160 valence electrons. The number of nitrogens with one attached hydrogen (secondary N) is 1. The number of nitriles is 1. The number of carbonyl (C=O) groups is 1. The van der Waals surface area contributed by atoms with Crippen LogP contribution in [0.1, 0.15) is 26.4 Å². The van der Waals surface area contributed by atoms with E-state index < -0.39 is 0 Å². The number of amides is 1. The molecule has 0 bridgehead atoms. The van der Waals surface area contributed by atoms with E-state index >= 15 is 0 Å². The Labute approximate surface area is 194 Å². The fourth-order valence-electron chi connectivity index (χ4n) is 3.55. The summed E-state index contributed by atoms with van der Waals surface area (Å²) in [6, 6.07) is 17.4. The summed E-state index contributed by atoms with van der Waals surface area (Å²) < 4.78 is 0. The molecular formula is C24H20ClN5OS. The number of halogens is 1. The zero-order valence-electron chi connectivity index (χ0n) is 17.3. The zero-order valence-corrected chi connectivity index (χ0v) is 18.8. The summed E-state index contributed by atoms with van der Waals surface area (Å²) in [4.78, 5) is 18.1. The summed E-state index contributed by atoms with van der Waals surface area (Å²) in [5.41, 5.74) is 16.6. The van der Waals surface area contributed by atoms with Crippen molar-refractivity contribution in [2.24, 2.45) is 0 Å². The predicted molar refractivity (Wildman–Crippen MR) is 131 cm³/mol. The van der Waals surface area contributed by atoms with Gasteiger partial charge in [-0.3, -0.25) is 4.79 Å². The summed E-state index contributed by atoms with van der Waals surface area (Å²) >= 11 is 7.18. The minimum Gasteiger partial charge on any atom is -0.397 e. The fraction of sp³-hybridized carbons (Fsp3) is 0.125. The smallest absolute Gasteiger partial charge is 0.263 e. The normalized spacial score (nSPS) is 10.8. The van der Waals surface area contributed by atoms with E-state index in [1.54, 1.807) is 6.07 Å². The van der Waals surface area contributed by atoms with Crippen LogP contribution in [0.15, 0.2) is 48.5 Å². The van der Waals surface area contributed by atoms with Crippen LogP contribution in [0, 0.1) is 18.3 Å². The van der Waals surface area contributed by atoms with Crippen molar-refractivity contribution in [1.29, 1.82) is 5.26 Å². The summed E-state index contributed by atoms with van der Waals surface area (Å²) in [6.07, 6.45) is 0.634. The number of aryl methyl sites for hydroxylation is 1. The number of rotatable bonds is 5. The molecule has 0 spiro atoms. The highest BCUT2D eigenvalue weighted by Crippen LogP contribution is 2.42. The Morgan fingerprint density at radius 1 is 1.22 bits per heavy atom. The average Bonchev–Trinajstić information content (AvgIpc) is 3.09. The lowest BCUT2D eigenvalue weighted by atomic mass is 9.96. The maximum atomic E-state index is 12.9. The lowest BCUT2D eigenvalue weighted by Gasteiger charge is -2.10. The summed E-state index contributed by atoms with van der Waals surface area (Å²) in [5.74, 6) is -0.177. The van der Waals surface area contributed by atoms with Crippen molar-refractivity contribution in [3.8, 4) is 17.2 Å². The van der Waals surface area contributed by atoms with Crippen LogP contribution in [0.25, 0.3) is 21.3 Å². The van der Waals surface area contributed by atoms with Crippen LogP contribution in [-0.4, -0.2) is 17.4 Å². The Balaban J connectivity index is 1.70. The number of nitrogens with two attached hydrogens (primary N) is 2. The van der Waals surface area contributed by atoms with E-state index in [9.17, 15) is 10.1 Å². The van der Waals surface area contributed by atoms with Crippen molar-refractivity contribution in [2.75, 3.05) is 18.0 Å². The zero-order chi connectivity index (χ0) is 22.8. The molecule has 2 aromatic heterocycles. The Morgan fingerprint density at radius 3 is 2.66 bits per heavy atom. The number of pyridine rings is 1. The first-order valence-corrected chi connectivity index (χ1v) is 11.1. The third-order valence-corrected chi connectivity index (χ3v) is 6.48. The van der Waals surface area contributed by atoms with E-state index in [1.807, 2.05) is 49.4 Å². The molecule has 0 saturated carbocycles. The highest BCUT2D eigenvalue weighted by atomic mass is 35.5. The van der Waals surface area contributed by atoms with Gasteiger partial charge in [-0.25, -0.2) is 4.98 Å². The molecule has 32 heavy (non-hydrogen) atoms. The first kappa shape index (κ1) is 21.6. The fourth-order valence-corrected chi connectivity index (χ4v) is 4.80. The number of aromatic nitrogens is 1. The van der Waals surface area contributed by atoms with E-state index in [1.165, 1.54) is 11.3 Å². The Hall–Kier alpha value is -3.60. The predicted octanol–water partition coefficient (Wildman–Crippen LogP) is 4.93. The summed E-state index contributed by atoms with van der Waals surface area (Å²) in [6.45, 7) is 2.41. The molecule has 4 aromatic rings.